The van der Waals surface area contributed by atoms with Crippen LogP contribution in [-0.4, -0.2) is 33.3 Å². The smallest absolute Gasteiger partial charge is 0.295 e. The molecule has 174 valence electrons. The van der Waals surface area contributed by atoms with Gasteiger partial charge in [-0.25, -0.2) is 4.39 Å². The predicted octanol–water partition coefficient (Wildman–Crippen LogP) is 4.94. The number of aliphatic hydroxyl groups excluding tert-OH is 1. The zero-order chi connectivity index (χ0) is 24.2. The molecule has 4 rings (SSSR count). The maximum absolute atomic E-state index is 14.2. The summed E-state index contributed by atoms with van der Waals surface area (Å²) < 4.78 is 19.9. The molecule has 0 aliphatic carbocycles. The molecule has 34 heavy (non-hydrogen) atoms. The molecular formula is C27H25FN2O4. The third-order valence-corrected chi connectivity index (χ3v) is 5.73. The lowest BCUT2D eigenvalue weighted by Gasteiger charge is -2.25. The van der Waals surface area contributed by atoms with Crippen LogP contribution in [0, 0.1) is 12.7 Å². The number of hydrogen-bond acceptors (Lipinski definition) is 5. The van der Waals surface area contributed by atoms with E-state index in [1.165, 1.54) is 17.0 Å². The number of benzene rings is 2. The summed E-state index contributed by atoms with van der Waals surface area (Å²) in [5.74, 6) is -1.83. The van der Waals surface area contributed by atoms with Gasteiger partial charge in [0, 0.05) is 24.5 Å². The Morgan fingerprint density at radius 1 is 1.15 bits per heavy atom. The first kappa shape index (κ1) is 23.2. The molecule has 1 atom stereocenters. The number of ether oxygens (including phenoxy) is 1. The third-order valence-electron chi connectivity index (χ3n) is 5.73. The zero-order valence-corrected chi connectivity index (χ0v) is 19.0. The molecule has 6 nitrogen and oxygen atoms in total. The van der Waals surface area contributed by atoms with Crippen LogP contribution < -0.4 is 4.74 Å². The van der Waals surface area contributed by atoms with Crippen molar-refractivity contribution >= 4 is 17.4 Å². The van der Waals surface area contributed by atoms with E-state index in [0.717, 1.165) is 18.1 Å². The van der Waals surface area contributed by atoms with Crippen LogP contribution in [0.4, 0.5) is 4.39 Å². The summed E-state index contributed by atoms with van der Waals surface area (Å²) in [6.45, 7) is 4.30. The number of hydrogen-bond donors (Lipinski definition) is 1. The molecule has 0 radical (unpaired) electrons. The lowest BCUT2D eigenvalue weighted by molar-refractivity contribution is -0.140. The fraction of sp³-hybridized carbons (Fsp3) is 0.222. The largest absolute Gasteiger partial charge is 0.507 e. The van der Waals surface area contributed by atoms with Crippen LogP contribution in [0.2, 0.25) is 0 Å². The second-order valence-corrected chi connectivity index (χ2v) is 8.17. The van der Waals surface area contributed by atoms with Crippen molar-refractivity contribution in [3.8, 4) is 5.75 Å². The SMILES string of the molecule is CCCOc1ccc(C2/C(=C(/O)c3ccc(C)c(F)c3)C(=O)C(=O)N2Cc2cccnc2)cc1. The summed E-state index contributed by atoms with van der Waals surface area (Å²) >= 11 is 0. The maximum atomic E-state index is 14.2. The van der Waals surface area contributed by atoms with E-state index in [1.807, 2.05) is 6.92 Å². The van der Waals surface area contributed by atoms with Crippen LogP contribution in [0.1, 0.15) is 41.6 Å². The van der Waals surface area contributed by atoms with Crippen molar-refractivity contribution in [3.05, 3.63) is 101 Å². The van der Waals surface area contributed by atoms with Gasteiger partial charge in [-0.05, 0) is 54.3 Å². The second-order valence-electron chi connectivity index (χ2n) is 8.17. The number of ketones is 1. The number of likely N-dealkylation sites (tertiary alicyclic amines) is 1. The van der Waals surface area contributed by atoms with E-state index in [0.29, 0.717) is 23.5 Å². The first-order valence-corrected chi connectivity index (χ1v) is 11.1. The Hall–Kier alpha value is -4.00. The lowest BCUT2D eigenvalue weighted by atomic mass is 9.94. The van der Waals surface area contributed by atoms with E-state index in [1.54, 1.807) is 55.7 Å². The van der Waals surface area contributed by atoms with Crippen molar-refractivity contribution < 1.29 is 23.8 Å². The summed E-state index contributed by atoms with van der Waals surface area (Å²) in [5.41, 5.74) is 1.82. The van der Waals surface area contributed by atoms with E-state index >= 15 is 0 Å². The molecular weight excluding hydrogens is 435 g/mol. The van der Waals surface area contributed by atoms with Gasteiger partial charge in [-0.3, -0.25) is 14.6 Å². The van der Waals surface area contributed by atoms with Gasteiger partial charge < -0.3 is 14.7 Å². The highest BCUT2D eigenvalue weighted by atomic mass is 19.1. The van der Waals surface area contributed by atoms with E-state index in [4.69, 9.17) is 4.74 Å². The Bertz CT molecular complexity index is 1240. The van der Waals surface area contributed by atoms with Crippen molar-refractivity contribution in [2.24, 2.45) is 0 Å². The van der Waals surface area contributed by atoms with Gasteiger partial charge in [-0.15, -0.1) is 0 Å². The number of carbonyl (C=O) groups is 2. The fourth-order valence-corrected chi connectivity index (χ4v) is 3.94. The molecule has 0 spiro atoms. The Morgan fingerprint density at radius 2 is 1.91 bits per heavy atom. The van der Waals surface area contributed by atoms with E-state index < -0.39 is 29.3 Å². The molecule has 1 saturated heterocycles. The molecule has 1 aliphatic heterocycles. The number of nitrogens with zero attached hydrogens (tertiary/aromatic N) is 2. The molecule has 2 aromatic carbocycles. The topological polar surface area (TPSA) is 79.7 Å². The summed E-state index contributed by atoms with van der Waals surface area (Å²) in [6, 6.07) is 14.0. The van der Waals surface area contributed by atoms with Crippen LogP contribution in [0.5, 0.6) is 5.75 Å². The number of carbonyl (C=O) groups excluding carboxylic acids is 2. The highest BCUT2D eigenvalue weighted by Gasteiger charge is 2.46. The number of rotatable bonds is 7. The van der Waals surface area contributed by atoms with Crippen molar-refractivity contribution in [1.82, 2.24) is 9.88 Å². The van der Waals surface area contributed by atoms with Crippen molar-refractivity contribution in [1.29, 1.82) is 0 Å². The average Bonchev–Trinajstić information content (AvgIpc) is 3.10. The molecule has 1 fully saturated rings. The standard InChI is InChI=1S/C27H25FN2O4/c1-3-13-34-21-10-8-19(9-11-21)24-23(25(31)20-7-6-17(2)22(28)14-20)26(32)27(33)30(24)16-18-5-4-12-29-15-18/h4-12,14-15,24,31H,3,13,16H2,1-2H3/b25-23-. The molecule has 7 heteroatoms. The third kappa shape index (κ3) is 4.55. The molecule has 1 N–H and O–H groups in total. The van der Waals surface area contributed by atoms with Crippen LogP contribution in [0.25, 0.3) is 5.76 Å². The quantitative estimate of drug-likeness (QED) is 0.307. The fourth-order valence-electron chi connectivity index (χ4n) is 3.94. The minimum atomic E-state index is -0.857. The van der Waals surface area contributed by atoms with Gasteiger partial charge in [-0.1, -0.05) is 37.3 Å². The van der Waals surface area contributed by atoms with E-state index in [9.17, 15) is 19.1 Å². The van der Waals surface area contributed by atoms with Gasteiger partial charge >= 0.3 is 0 Å². The van der Waals surface area contributed by atoms with Crippen LogP contribution in [-0.2, 0) is 16.1 Å². The normalized spacial score (nSPS) is 17.3. The first-order chi connectivity index (χ1) is 16.4. The van der Waals surface area contributed by atoms with Gasteiger partial charge in [0.1, 0.15) is 17.3 Å². The predicted molar refractivity (Wildman–Crippen MR) is 125 cm³/mol. The van der Waals surface area contributed by atoms with Crippen LogP contribution in [0.3, 0.4) is 0 Å². The van der Waals surface area contributed by atoms with Crippen LogP contribution >= 0.6 is 0 Å². The molecule has 1 amide bonds. The van der Waals surface area contributed by atoms with Crippen molar-refractivity contribution in [2.75, 3.05) is 6.61 Å². The first-order valence-electron chi connectivity index (χ1n) is 11.1. The molecule has 2 heterocycles. The Morgan fingerprint density at radius 3 is 2.56 bits per heavy atom. The molecule has 1 aromatic heterocycles. The summed E-state index contributed by atoms with van der Waals surface area (Å²) in [6.07, 6.45) is 4.10. The van der Waals surface area contributed by atoms with Gasteiger partial charge in [0.25, 0.3) is 11.7 Å². The lowest BCUT2D eigenvalue weighted by Crippen LogP contribution is -2.29. The van der Waals surface area contributed by atoms with Crippen LogP contribution in [0.15, 0.2) is 72.6 Å². The molecule has 1 unspecified atom stereocenters. The minimum Gasteiger partial charge on any atom is -0.507 e. The maximum Gasteiger partial charge on any atom is 0.295 e. The average molecular weight is 461 g/mol. The van der Waals surface area contributed by atoms with Crippen molar-refractivity contribution in [2.45, 2.75) is 32.9 Å². The van der Waals surface area contributed by atoms with E-state index in [2.05, 4.69) is 4.98 Å². The van der Waals surface area contributed by atoms with Gasteiger partial charge in [-0.2, -0.15) is 0 Å². The highest BCUT2D eigenvalue weighted by Crippen LogP contribution is 2.40. The monoisotopic (exact) mass is 460 g/mol. The minimum absolute atomic E-state index is 0.0839. The van der Waals surface area contributed by atoms with Gasteiger partial charge in [0.15, 0.2) is 0 Å². The number of amides is 1. The Kier molecular flexibility index (Phi) is 6.72. The number of aryl methyl sites for hydroxylation is 1. The number of Topliss-reactive ketones (excluding diaryl/α,β-unsaturated/α-hetero) is 1. The number of halogens is 1. The number of aliphatic hydroxyl groups is 1. The Labute approximate surface area is 197 Å². The number of pyridine rings is 1. The molecule has 0 saturated carbocycles. The molecule has 3 aromatic rings. The Balaban J connectivity index is 1.82. The van der Waals surface area contributed by atoms with Gasteiger partial charge in [0.2, 0.25) is 0 Å². The van der Waals surface area contributed by atoms with Gasteiger partial charge in [0.05, 0.1) is 18.2 Å². The highest BCUT2D eigenvalue weighted by molar-refractivity contribution is 6.46. The second kappa shape index (κ2) is 9.87. The number of aromatic nitrogens is 1. The summed E-state index contributed by atoms with van der Waals surface area (Å²) in [4.78, 5) is 31.7. The zero-order valence-electron chi connectivity index (χ0n) is 19.0. The molecule has 1 aliphatic rings. The molecule has 0 bridgehead atoms. The summed E-state index contributed by atoms with van der Waals surface area (Å²) in [7, 11) is 0. The summed E-state index contributed by atoms with van der Waals surface area (Å²) in [5, 5.41) is 11.1. The van der Waals surface area contributed by atoms with E-state index in [-0.39, 0.29) is 17.7 Å². The van der Waals surface area contributed by atoms with Crippen molar-refractivity contribution in [3.63, 3.8) is 0 Å².